The number of halogens is 2. The smallest absolute Gasteiger partial charge is 0.128 e. The molecule has 1 aliphatic rings. The summed E-state index contributed by atoms with van der Waals surface area (Å²) in [7, 11) is 0. The Hall–Kier alpha value is -3.13. The summed E-state index contributed by atoms with van der Waals surface area (Å²) in [6.07, 6.45) is 6.53. The SMILES string of the molecule is C=CCNC1(C)CN(c2ccc(-c3n[nH]c4ccc(O[C@H](C)c5c(Cl)cncc5Cl)cc34)cn2)C1. The van der Waals surface area contributed by atoms with Gasteiger partial charge >= 0.3 is 0 Å². The third-order valence-electron chi connectivity index (χ3n) is 6.24. The predicted molar refractivity (Wildman–Crippen MR) is 141 cm³/mol. The van der Waals surface area contributed by atoms with Crippen molar-refractivity contribution in [1.29, 1.82) is 0 Å². The maximum atomic E-state index is 6.30. The Morgan fingerprint density at radius 3 is 2.66 bits per heavy atom. The van der Waals surface area contributed by atoms with Crippen LogP contribution in [0.5, 0.6) is 5.75 Å². The molecule has 35 heavy (non-hydrogen) atoms. The molecule has 5 rings (SSSR count). The van der Waals surface area contributed by atoms with E-state index < -0.39 is 0 Å². The number of aromatic amines is 1. The van der Waals surface area contributed by atoms with E-state index in [-0.39, 0.29) is 11.6 Å². The standard InChI is InChI=1S/C26H26Cl2N6O/c1-4-9-31-26(3)14-34(15-26)23-8-5-17(11-30-23)25-19-10-18(6-7-22(19)32-33-25)35-16(2)24-20(27)12-29-13-21(24)28/h4-8,10-13,16,31H,1,9,14-15H2,2-3H3,(H,32,33)/t16-/m1/s1. The van der Waals surface area contributed by atoms with Crippen molar-refractivity contribution in [2.75, 3.05) is 24.5 Å². The lowest BCUT2D eigenvalue weighted by Gasteiger charge is -2.49. The lowest BCUT2D eigenvalue weighted by Crippen LogP contribution is -2.67. The Kier molecular flexibility index (Phi) is 6.40. The van der Waals surface area contributed by atoms with E-state index in [1.165, 1.54) is 0 Å². The first-order valence-corrected chi connectivity index (χ1v) is 12.1. The highest BCUT2D eigenvalue weighted by molar-refractivity contribution is 6.35. The van der Waals surface area contributed by atoms with Gasteiger partial charge in [0, 0.05) is 54.7 Å². The van der Waals surface area contributed by atoms with Crippen molar-refractivity contribution in [3.8, 4) is 17.0 Å². The molecule has 1 saturated heterocycles. The van der Waals surface area contributed by atoms with Gasteiger partial charge in [0.05, 0.1) is 21.1 Å². The number of aromatic nitrogens is 4. The zero-order chi connectivity index (χ0) is 24.6. The molecule has 1 atom stereocenters. The first-order chi connectivity index (χ1) is 16.9. The van der Waals surface area contributed by atoms with E-state index >= 15 is 0 Å². The molecule has 4 aromatic rings. The fourth-order valence-electron chi connectivity index (χ4n) is 4.46. The summed E-state index contributed by atoms with van der Waals surface area (Å²) in [5.74, 6) is 1.64. The van der Waals surface area contributed by atoms with E-state index in [1.54, 1.807) is 12.4 Å². The Balaban J connectivity index is 1.34. The van der Waals surface area contributed by atoms with Crippen molar-refractivity contribution in [1.82, 2.24) is 25.5 Å². The number of hydrogen-bond donors (Lipinski definition) is 2. The molecule has 2 N–H and O–H groups in total. The van der Waals surface area contributed by atoms with E-state index in [1.807, 2.05) is 43.5 Å². The minimum Gasteiger partial charge on any atom is -0.486 e. The van der Waals surface area contributed by atoms with Crippen LogP contribution in [-0.2, 0) is 0 Å². The fourth-order valence-corrected chi connectivity index (χ4v) is 5.13. The Bertz CT molecular complexity index is 1340. The van der Waals surface area contributed by atoms with Gasteiger partial charge in [-0.3, -0.25) is 10.1 Å². The number of H-pyrrole nitrogens is 1. The van der Waals surface area contributed by atoms with Crippen LogP contribution in [-0.4, -0.2) is 45.3 Å². The second-order valence-electron chi connectivity index (χ2n) is 9.05. The van der Waals surface area contributed by atoms with Crippen LogP contribution in [0.25, 0.3) is 22.2 Å². The highest BCUT2D eigenvalue weighted by Crippen LogP contribution is 2.35. The summed E-state index contributed by atoms with van der Waals surface area (Å²) in [5.41, 5.74) is 3.45. The molecule has 0 radical (unpaired) electrons. The number of benzene rings is 1. The quantitative estimate of drug-likeness (QED) is 0.292. The molecule has 0 saturated carbocycles. The van der Waals surface area contributed by atoms with Crippen LogP contribution in [0.1, 0.15) is 25.5 Å². The number of nitrogens with zero attached hydrogens (tertiary/aromatic N) is 4. The van der Waals surface area contributed by atoms with Crippen LogP contribution in [0, 0.1) is 0 Å². The largest absolute Gasteiger partial charge is 0.486 e. The topological polar surface area (TPSA) is 79.0 Å². The van der Waals surface area contributed by atoms with Crippen LogP contribution in [0.15, 0.2) is 61.6 Å². The molecule has 180 valence electrons. The monoisotopic (exact) mass is 508 g/mol. The summed E-state index contributed by atoms with van der Waals surface area (Å²) in [4.78, 5) is 11.0. The van der Waals surface area contributed by atoms with E-state index in [0.29, 0.717) is 21.4 Å². The first kappa shape index (κ1) is 23.6. The summed E-state index contributed by atoms with van der Waals surface area (Å²) in [5, 5.41) is 13.0. The van der Waals surface area contributed by atoms with Gasteiger partial charge in [-0.25, -0.2) is 4.98 Å². The van der Waals surface area contributed by atoms with Gasteiger partial charge in [0.25, 0.3) is 0 Å². The number of pyridine rings is 2. The van der Waals surface area contributed by atoms with Crippen molar-refractivity contribution >= 4 is 39.9 Å². The number of ether oxygens (including phenoxy) is 1. The van der Waals surface area contributed by atoms with Gasteiger partial charge in [-0.05, 0) is 44.2 Å². The zero-order valence-corrected chi connectivity index (χ0v) is 21.1. The van der Waals surface area contributed by atoms with Gasteiger partial charge < -0.3 is 15.0 Å². The highest BCUT2D eigenvalue weighted by Gasteiger charge is 2.38. The molecular formula is C26H26Cl2N6O. The van der Waals surface area contributed by atoms with Gasteiger partial charge in [-0.15, -0.1) is 6.58 Å². The number of nitrogens with one attached hydrogen (secondary N) is 2. The molecule has 4 heterocycles. The van der Waals surface area contributed by atoms with Crippen molar-refractivity contribution in [2.45, 2.75) is 25.5 Å². The average Bonchev–Trinajstić information content (AvgIpc) is 3.24. The Labute approximate surface area is 214 Å². The molecule has 3 aromatic heterocycles. The summed E-state index contributed by atoms with van der Waals surface area (Å²) < 4.78 is 6.18. The Morgan fingerprint density at radius 1 is 1.20 bits per heavy atom. The first-order valence-electron chi connectivity index (χ1n) is 11.4. The van der Waals surface area contributed by atoms with Crippen molar-refractivity contribution in [2.24, 2.45) is 0 Å². The lowest BCUT2D eigenvalue weighted by atomic mass is 9.92. The lowest BCUT2D eigenvalue weighted by molar-refractivity contribution is 0.227. The molecule has 1 aromatic carbocycles. The second kappa shape index (κ2) is 9.49. The average molecular weight is 509 g/mol. The molecule has 0 unspecified atom stereocenters. The summed E-state index contributed by atoms with van der Waals surface area (Å²) >= 11 is 12.6. The zero-order valence-electron chi connectivity index (χ0n) is 19.6. The normalized spacial score (nSPS) is 15.6. The van der Waals surface area contributed by atoms with Crippen LogP contribution in [0.2, 0.25) is 10.0 Å². The molecule has 9 heteroatoms. The number of hydrogen-bond acceptors (Lipinski definition) is 6. The molecule has 0 bridgehead atoms. The van der Waals surface area contributed by atoms with Crippen molar-refractivity contribution in [3.63, 3.8) is 0 Å². The van der Waals surface area contributed by atoms with Gasteiger partial charge in [0.2, 0.25) is 0 Å². The summed E-state index contributed by atoms with van der Waals surface area (Å²) in [6.45, 7) is 10.5. The third kappa shape index (κ3) is 4.72. The molecule has 1 aliphatic heterocycles. The Morgan fingerprint density at radius 2 is 1.97 bits per heavy atom. The minimum absolute atomic E-state index is 0.0885. The van der Waals surface area contributed by atoms with Crippen molar-refractivity contribution in [3.05, 3.63) is 77.2 Å². The van der Waals surface area contributed by atoms with E-state index in [4.69, 9.17) is 32.9 Å². The summed E-state index contributed by atoms with van der Waals surface area (Å²) in [6, 6.07) is 9.90. The molecule has 0 aliphatic carbocycles. The van der Waals surface area contributed by atoms with Gasteiger partial charge in [0.1, 0.15) is 23.4 Å². The van der Waals surface area contributed by atoms with Crippen LogP contribution in [0.4, 0.5) is 5.82 Å². The molecular weight excluding hydrogens is 483 g/mol. The second-order valence-corrected chi connectivity index (χ2v) is 9.86. The van der Waals surface area contributed by atoms with Crippen LogP contribution >= 0.6 is 23.2 Å². The highest BCUT2D eigenvalue weighted by atomic mass is 35.5. The van der Waals surface area contributed by atoms with Gasteiger partial charge in [-0.2, -0.15) is 5.10 Å². The fraction of sp³-hybridized carbons (Fsp3) is 0.269. The molecule has 0 spiro atoms. The number of fused-ring (bicyclic) bond motifs is 1. The van der Waals surface area contributed by atoms with E-state index in [9.17, 15) is 0 Å². The van der Waals surface area contributed by atoms with Crippen molar-refractivity contribution < 1.29 is 4.74 Å². The molecule has 7 nitrogen and oxygen atoms in total. The molecule has 0 amide bonds. The van der Waals surface area contributed by atoms with E-state index in [0.717, 1.165) is 47.6 Å². The molecule has 1 fully saturated rings. The number of rotatable bonds is 8. The van der Waals surface area contributed by atoms with Crippen LogP contribution in [0.3, 0.4) is 0 Å². The van der Waals surface area contributed by atoms with Gasteiger partial charge in [-0.1, -0.05) is 29.3 Å². The third-order valence-corrected chi connectivity index (χ3v) is 6.84. The minimum atomic E-state index is -0.352. The predicted octanol–water partition coefficient (Wildman–Crippen LogP) is 5.82. The number of anilines is 1. The van der Waals surface area contributed by atoms with E-state index in [2.05, 4.69) is 45.0 Å². The van der Waals surface area contributed by atoms with Crippen LogP contribution < -0.4 is 15.0 Å². The van der Waals surface area contributed by atoms with Gasteiger partial charge in [0.15, 0.2) is 0 Å². The maximum absolute atomic E-state index is 6.30. The maximum Gasteiger partial charge on any atom is 0.128 e.